The Morgan fingerprint density at radius 3 is 1.34 bits per heavy atom. The van der Waals surface area contributed by atoms with E-state index in [1.165, 1.54) is 48.7 Å². The fourth-order valence-electron chi connectivity index (χ4n) is 8.46. The van der Waals surface area contributed by atoms with E-state index in [2.05, 4.69) is 20.6 Å². The first-order chi connectivity index (χ1) is 32.8. The third kappa shape index (κ3) is 9.54. The SMILES string of the molecule is [O-][n+]1ccc2c(-c3ccc(F)cc3F)cc(OC3CCNCC3)nc2c1-c1c(Cl)cccc1Cl.[O-][n+]1ccc2c(-c3ccc(F)cc3F)cc(OC3CCNCC3)nc2c1-c1c(F)cccc1F. The molecule has 0 aliphatic carbocycles. The van der Waals surface area contributed by atoms with Crippen LogP contribution in [0.1, 0.15) is 25.7 Å². The van der Waals surface area contributed by atoms with Gasteiger partial charge in [-0.05, 0) is 112 Å². The number of piperidine rings is 2. The molecule has 2 saturated heterocycles. The van der Waals surface area contributed by atoms with E-state index >= 15 is 0 Å². The number of halogens is 8. The molecule has 0 amide bonds. The van der Waals surface area contributed by atoms with E-state index in [0.29, 0.717) is 38.8 Å². The summed E-state index contributed by atoms with van der Waals surface area (Å²) in [4.78, 5) is 9.07. The minimum absolute atomic E-state index is 0.0348. The molecule has 4 aromatic heterocycles. The van der Waals surface area contributed by atoms with Crippen molar-refractivity contribution in [2.24, 2.45) is 0 Å². The molecule has 18 heteroatoms. The van der Waals surface area contributed by atoms with Crippen LogP contribution in [-0.4, -0.2) is 48.4 Å². The lowest BCUT2D eigenvalue weighted by Crippen LogP contribution is -2.34. The maximum atomic E-state index is 14.9. The van der Waals surface area contributed by atoms with Crippen LogP contribution in [0.4, 0.5) is 26.3 Å². The summed E-state index contributed by atoms with van der Waals surface area (Å²) >= 11 is 12.9. The summed E-state index contributed by atoms with van der Waals surface area (Å²) in [5, 5.41) is 33.5. The Labute approximate surface area is 394 Å². The summed E-state index contributed by atoms with van der Waals surface area (Å²) in [5.74, 6) is -4.61. The molecule has 0 atom stereocenters. The number of hydrogen-bond acceptors (Lipinski definition) is 8. The van der Waals surface area contributed by atoms with Gasteiger partial charge >= 0.3 is 0 Å². The number of rotatable bonds is 8. The summed E-state index contributed by atoms with van der Waals surface area (Å²) in [7, 11) is 0. The second-order valence-electron chi connectivity index (χ2n) is 16.1. The highest BCUT2D eigenvalue weighted by molar-refractivity contribution is 6.39. The van der Waals surface area contributed by atoms with Crippen molar-refractivity contribution in [1.29, 1.82) is 0 Å². The molecule has 0 radical (unpaired) electrons. The smallest absolute Gasteiger partial charge is 0.256 e. The molecule has 0 spiro atoms. The molecule has 6 heterocycles. The van der Waals surface area contributed by atoms with E-state index in [4.69, 9.17) is 32.7 Å². The van der Waals surface area contributed by atoms with Gasteiger partial charge in [0, 0.05) is 58.3 Å². The Bertz CT molecular complexity index is 2960. The second kappa shape index (κ2) is 19.9. The molecular weight excluding hydrogens is 933 g/mol. The third-order valence-corrected chi connectivity index (χ3v) is 12.3. The van der Waals surface area contributed by atoms with Crippen molar-refractivity contribution in [1.82, 2.24) is 20.6 Å². The average Bonchev–Trinajstić information content (AvgIpc) is 3.31. The van der Waals surface area contributed by atoms with Crippen molar-refractivity contribution in [3.8, 4) is 56.5 Å². The van der Waals surface area contributed by atoms with Gasteiger partial charge in [-0.3, -0.25) is 0 Å². The molecule has 2 aliphatic rings. The van der Waals surface area contributed by atoms with E-state index in [-0.39, 0.29) is 78.5 Å². The van der Waals surface area contributed by atoms with Crippen LogP contribution in [-0.2, 0) is 0 Å². The largest absolute Gasteiger partial charge is 0.618 e. The van der Waals surface area contributed by atoms with Crippen LogP contribution in [0, 0.1) is 45.3 Å². The summed E-state index contributed by atoms with van der Waals surface area (Å²) in [6.07, 6.45) is 5.04. The minimum atomic E-state index is -0.946. The average molecular weight is 972 g/mol. The Kier molecular flexibility index (Phi) is 13.5. The van der Waals surface area contributed by atoms with Gasteiger partial charge < -0.3 is 30.5 Å². The van der Waals surface area contributed by atoms with Gasteiger partial charge in [0.2, 0.25) is 11.8 Å². The summed E-state index contributed by atoms with van der Waals surface area (Å²) in [6, 6.07) is 20.7. The molecule has 348 valence electrons. The molecule has 10 nitrogen and oxygen atoms in total. The number of fused-ring (bicyclic) bond motifs is 2. The van der Waals surface area contributed by atoms with E-state index < -0.39 is 40.5 Å². The number of pyridine rings is 4. The lowest BCUT2D eigenvalue weighted by atomic mass is 9.98. The number of nitrogens with zero attached hydrogens (tertiary/aromatic N) is 4. The van der Waals surface area contributed by atoms with Crippen LogP contribution < -0.4 is 29.6 Å². The standard InChI is InChI=1S/C25H19Cl2F2N3O2.C25H19F4N3O2/c26-19-2-1-3-20(27)23(19)25-24-17(8-11-32(25)33)18(16-5-4-14(28)12-21(16)29)13-22(31-24)34-15-6-9-30-10-7-15;26-14-4-5-16(21(29)12-14)18-13-22(34-15-6-9-30-10-7-15)31-24-17(18)8-11-32(33)25(24)23-19(27)2-1-3-20(23)28/h2*1-5,8,11-13,15,30H,6-7,9-10H2. The quantitative estimate of drug-likeness (QED) is 0.0877. The highest BCUT2D eigenvalue weighted by Gasteiger charge is 2.29. The maximum Gasteiger partial charge on any atom is 0.256 e. The van der Waals surface area contributed by atoms with Crippen LogP contribution >= 0.6 is 23.2 Å². The minimum Gasteiger partial charge on any atom is -0.618 e. The van der Waals surface area contributed by atoms with Crippen LogP contribution in [0.5, 0.6) is 11.8 Å². The summed E-state index contributed by atoms with van der Waals surface area (Å²) in [6.45, 7) is 3.09. The first-order valence-electron chi connectivity index (χ1n) is 21.5. The third-order valence-electron chi connectivity index (χ3n) is 11.7. The van der Waals surface area contributed by atoms with Crippen LogP contribution in [0.15, 0.2) is 109 Å². The molecule has 8 aromatic rings. The van der Waals surface area contributed by atoms with Gasteiger partial charge in [-0.1, -0.05) is 35.3 Å². The Balaban J connectivity index is 0.000000170. The van der Waals surface area contributed by atoms with Crippen molar-refractivity contribution in [3.05, 3.63) is 165 Å². The number of hydrogen-bond donors (Lipinski definition) is 2. The zero-order chi connectivity index (χ0) is 47.6. The lowest BCUT2D eigenvalue weighted by molar-refractivity contribution is -0.592. The van der Waals surface area contributed by atoms with Gasteiger partial charge in [0.1, 0.15) is 63.7 Å². The fraction of sp³-hybridized carbons (Fsp3) is 0.200. The normalized spacial score (nSPS) is 14.5. The summed E-state index contributed by atoms with van der Waals surface area (Å²) < 4.78 is 99.4. The lowest BCUT2D eigenvalue weighted by Gasteiger charge is -2.24. The number of aromatic nitrogens is 4. The van der Waals surface area contributed by atoms with Gasteiger partial charge in [0.25, 0.3) is 11.4 Å². The second-order valence-corrected chi connectivity index (χ2v) is 16.9. The van der Waals surface area contributed by atoms with Crippen molar-refractivity contribution < 1.29 is 45.3 Å². The zero-order valence-corrected chi connectivity index (χ0v) is 37.2. The van der Waals surface area contributed by atoms with Gasteiger partial charge in [-0.25, -0.2) is 36.3 Å². The van der Waals surface area contributed by atoms with Gasteiger partial charge in [-0.2, -0.15) is 9.46 Å². The first kappa shape index (κ1) is 46.4. The first-order valence-corrected chi connectivity index (χ1v) is 22.3. The molecule has 4 aromatic carbocycles. The number of ether oxygens (including phenoxy) is 2. The predicted molar refractivity (Wildman–Crippen MR) is 246 cm³/mol. The maximum absolute atomic E-state index is 14.9. The van der Waals surface area contributed by atoms with Crippen molar-refractivity contribution in [2.75, 3.05) is 26.2 Å². The molecule has 2 N–H and O–H groups in total. The molecule has 68 heavy (non-hydrogen) atoms. The van der Waals surface area contributed by atoms with E-state index in [9.17, 15) is 36.8 Å². The number of nitrogens with one attached hydrogen (secondary N) is 2. The van der Waals surface area contributed by atoms with Crippen molar-refractivity contribution in [3.63, 3.8) is 0 Å². The monoisotopic (exact) mass is 970 g/mol. The van der Waals surface area contributed by atoms with Gasteiger partial charge in [0.15, 0.2) is 12.4 Å². The van der Waals surface area contributed by atoms with E-state index in [1.54, 1.807) is 24.3 Å². The fourth-order valence-corrected chi connectivity index (χ4v) is 9.04. The van der Waals surface area contributed by atoms with Crippen LogP contribution in [0.25, 0.3) is 66.6 Å². The molecule has 2 aliphatic heterocycles. The molecule has 2 fully saturated rings. The zero-order valence-electron chi connectivity index (χ0n) is 35.6. The predicted octanol–water partition coefficient (Wildman–Crippen LogP) is 10.8. The van der Waals surface area contributed by atoms with Gasteiger partial charge in [0.05, 0.1) is 15.6 Å². The van der Waals surface area contributed by atoms with Crippen LogP contribution in [0.2, 0.25) is 10.0 Å². The Hall–Kier alpha value is -6.72. The Morgan fingerprint density at radius 2 is 0.912 bits per heavy atom. The molecular formula is C50H38Cl2F6N6O4. The molecule has 0 unspecified atom stereocenters. The summed E-state index contributed by atoms with van der Waals surface area (Å²) in [5.41, 5.74) is 0.547. The van der Waals surface area contributed by atoms with Crippen LogP contribution in [0.3, 0.4) is 0 Å². The van der Waals surface area contributed by atoms with Gasteiger partial charge in [-0.15, -0.1) is 0 Å². The van der Waals surface area contributed by atoms with Crippen molar-refractivity contribution in [2.45, 2.75) is 37.9 Å². The molecule has 10 rings (SSSR count). The molecule has 0 bridgehead atoms. The molecule has 0 saturated carbocycles. The highest BCUT2D eigenvalue weighted by atomic mass is 35.5. The van der Waals surface area contributed by atoms with E-state index in [0.717, 1.165) is 75.5 Å². The number of benzene rings is 4. The highest BCUT2D eigenvalue weighted by Crippen LogP contribution is 2.41. The van der Waals surface area contributed by atoms with E-state index in [1.807, 2.05) is 0 Å². The Morgan fingerprint density at radius 1 is 0.500 bits per heavy atom. The van der Waals surface area contributed by atoms with Crippen molar-refractivity contribution >= 4 is 45.0 Å². The topological polar surface area (TPSA) is 122 Å².